The number of hydrogen-bond acceptors (Lipinski definition) is 3. The van der Waals surface area contributed by atoms with Crippen LogP contribution in [0, 0.1) is 0 Å². The molecule has 0 heterocycles. The molecular weight excluding hydrogens is 383 g/mol. The number of allylic oxidation sites excluding steroid dienone is 1. The number of rotatable bonds is 16. The van der Waals surface area contributed by atoms with Crippen LogP contribution in [-0.2, 0) is 9.36 Å². The number of unbranched alkanes of at least 4 members (excludes halogenated alkanes) is 13. The zero-order valence-corrected chi connectivity index (χ0v) is 18.5. The van der Waals surface area contributed by atoms with E-state index in [2.05, 4.69) is 6.92 Å². The Bertz CT molecular complexity index is 449. The Morgan fingerprint density at radius 1 is 0.679 bits per heavy atom. The maximum atomic E-state index is 10.7. The lowest BCUT2D eigenvalue weighted by molar-refractivity contribution is -0.132. The molecule has 0 fully saturated rings. The van der Waals surface area contributed by atoms with Gasteiger partial charge in [0.25, 0.3) is 0 Å². The van der Waals surface area contributed by atoms with Crippen molar-refractivity contribution in [3.8, 4) is 0 Å². The molecule has 0 unspecified atom stereocenters. The Morgan fingerprint density at radius 2 is 0.964 bits per heavy atom. The van der Waals surface area contributed by atoms with Crippen molar-refractivity contribution in [2.75, 3.05) is 0 Å². The van der Waals surface area contributed by atoms with E-state index in [0.29, 0.717) is 6.42 Å². The van der Waals surface area contributed by atoms with Crippen LogP contribution in [0.2, 0.25) is 0 Å². The Balaban J connectivity index is 0. The summed E-state index contributed by atoms with van der Waals surface area (Å²) in [5.41, 5.74) is 0.0831. The molecule has 0 aliphatic carbocycles. The van der Waals surface area contributed by atoms with Crippen LogP contribution in [0.3, 0.4) is 0 Å². The van der Waals surface area contributed by atoms with E-state index in [4.69, 9.17) is 24.4 Å². The largest absolute Gasteiger partial charge is 0.512 e. The van der Waals surface area contributed by atoms with Crippen LogP contribution < -0.4 is 0 Å². The quantitative estimate of drug-likeness (QED) is 0.0908. The predicted molar refractivity (Wildman–Crippen MR) is 112 cm³/mol. The van der Waals surface area contributed by atoms with Gasteiger partial charge in [0.15, 0.2) is 0 Å². The number of aliphatic hydroxyl groups is 1. The highest BCUT2D eigenvalue weighted by Crippen LogP contribution is 2.25. The minimum Gasteiger partial charge on any atom is -0.512 e. The van der Waals surface area contributed by atoms with E-state index >= 15 is 0 Å². The van der Waals surface area contributed by atoms with Crippen LogP contribution >= 0.6 is 7.82 Å². The maximum absolute atomic E-state index is 10.7. The lowest BCUT2D eigenvalue weighted by Crippen LogP contribution is -2.01. The highest BCUT2D eigenvalue weighted by atomic mass is 31.2. The van der Waals surface area contributed by atoms with E-state index < -0.39 is 13.8 Å². The van der Waals surface area contributed by atoms with Gasteiger partial charge in [-0.1, -0.05) is 90.4 Å². The fraction of sp³-hybridized carbons (Fsp3) is 0.850. The molecule has 0 bridgehead atoms. The zero-order chi connectivity index (χ0) is 21.8. The summed E-state index contributed by atoms with van der Waals surface area (Å²) in [7, 11) is -4.64. The first-order valence-corrected chi connectivity index (χ1v) is 12.1. The first-order valence-electron chi connectivity index (χ1n) is 10.5. The molecule has 0 rings (SSSR count). The highest BCUT2D eigenvalue weighted by molar-refractivity contribution is 7.45. The van der Waals surface area contributed by atoms with E-state index in [1.54, 1.807) is 0 Å². The van der Waals surface area contributed by atoms with Crippen molar-refractivity contribution in [3.63, 3.8) is 0 Å². The van der Waals surface area contributed by atoms with Gasteiger partial charge in [0.05, 0.1) is 5.57 Å². The molecule has 0 aromatic carbocycles. The van der Waals surface area contributed by atoms with Gasteiger partial charge in [0, 0.05) is 6.42 Å². The van der Waals surface area contributed by atoms with E-state index in [0.717, 1.165) is 12.8 Å². The Hall–Kier alpha value is -0.880. The van der Waals surface area contributed by atoms with Crippen LogP contribution in [0.4, 0.5) is 0 Å². The third-order valence-corrected chi connectivity index (χ3v) is 4.52. The molecule has 8 heteroatoms. The first-order chi connectivity index (χ1) is 13.1. The van der Waals surface area contributed by atoms with Crippen molar-refractivity contribution in [3.05, 3.63) is 11.3 Å². The standard InChI is InChI=1S/C20H38O3.H3O4P/c1-3-4-5-6-7-8-9-10-11-12-13-14-15-16-17-19(21)18(2)20(22)23;1-5(2,3)4/h21H,3-17H2,1-2H3,(H,22,23);(H3,1,2,3,4). The van der Waals surface area contributed by atoms with Gasteiger partial charge in [-0.25, -0.2) is 9.36 Å². The van der Waals surface area contributed by atoms with Crippen molar-refractivity contribution in [1.82, 2.24) is 0 Å². The third kappa shape index (κ3) is 27.3. The van der Waals surface area contributed by atoms with Gasteiger partial charge >= 0.3 is 13.8 Å². The Kier molecular flexibility index (Phi) is 20.4. The monoisotopic (exact) mass is 424 g/mol. The van der Waals surface area contributed by atoms with Crippen LogP contribution in [0.1, 0.15) is 110 Å². The van der Waals surface area contributed by atoms with Crippen molar-refractivity contribution >= 4 is 13.8 Å². The second kappa shape index (κ2) is 19.4. The van der Waals surface area contributed by atoms with Gasteiger partial charge < -0.3 is 24.9 Å². The minimum atomic E-state index is -4.64. The predicted octanol–water partition coefficient (Wildman–Crippen LogP) is 5.85. The van der Waals surface area contributed by atoms with Gasteiger partial charge in [0.1, 0.15) is 5.76 Å². The summed E-state index contributed by atoms with van der Waals surface area (Å²) in [6.07, 6.45) is 18.7. The summed E-state index contributed by atoms with van der Waals surface area (Å²) in [4.78, 5) is 32.2. The molecule has 7 nitrogen and oxygen atoms in total. The lowest BCUT2D eigenvalue weighted by Gasteiger charge is -2.04. The molecule has 0 aromatic rings. The number of aliphatic hydroxyl groups excluding tert-OH is 1. The van der Waals surface area contributed by atoms with Crippen molar-refractivity contribution in [1.29, 1.82) is 0 Å². The van der Waals surface area contributed by atoms with Crippen LogP contribution in [0.15, 0.2) is 11.3 Å². The fourth-order valence-electron chi connectivity index (χ4n) is 2.80. The molecule has 5 N–H and O–H groups in total. The van der Waals surface area contributed by atoms with Gasteiger partial charge in [-0.05, 0) is 13.3 Å². The van der Waals surface area contributed by atoms with Gasteiger partial charge in [-0.15, -0.1) is 0 Å². The number of carbonyl (C=O) groups is 1. The number of carboxylic acids is 1. The van der Waals surface area contributed by atoms with Gasteiger partial charge in [-0.2, -0.15) is 0 Å². The minimum absolute atomic E-state index is 0.0384. The molecule has 28 heavy (non-hydrogen) atoms. The molecule has 0 saturated carbocycles. The molecular formula is C20H41O7P. The van der Waals surface area contributed by atoms with E-state index in [9.17, 15) is 9.90 Å². The van der Waals surface area contributed by atoms with Crippen molar-refractivity contribution < 1.29 is 34.3 Å². The smallest absolute Gasteiger partial charge is 0.466 e. The summed E-state index contributed by atoms with van der Waals surface area (Å²) in [6.45, 7) is 3.72. The molecule has 0 aliphatic heterocycles. The SMILES string of the molecule is CCCCCCCCCCCCCCCCC(O)=C(C)C(=O)O.O=P(O)(O)O. The first kappa shape index (κ1) is 29.3. The molecule has 0 aromatic heterocycles. The van der Waals surface area contributed by atoms with Crippen molar-refractivity contribution in [2.45, 2.75) is 110 Å². The van der Waals surface area contributed by atoms with E-state index in [-0.39, 0.29) is 11.3 Å². The molecule has 0 amide bonds. The number of carboxylic acid groups (broad SMARTS) is 1. The average molecular weight is 425 g/mol. The summed E-state index contributed by atoms with van der Waals surface area (Å²) in [5, 5.41) is 18.3. The molecule has 0 spiro atoms. The number of hydrogen-bond donors (Lipinski definition) is 5. The topological polar surface area (TPSA) is 135 Å². The van der Waals surface area contributed by atoms with Crippen LogP contribution in [0.25, 0.3) is 0 Å². The normalized spacial score (nSPS) is 12.2. The molecule has 0 atom stereocenters. The average Bonchev–Trinajstić information content (AvgIpc) is 2.59. The second-order valence-corrected chi connectivity index (χ2v) is 8.26. The second-order valence-electron chi connectivity index (χ2n) is 7.24. The van der Waals surface area contributed by atoms with Crippen LogP contribution in [-0.4, -0.2) is 30.9 Å². The third-order valence-electron chi connectivity index (χ3n) is 4.52. The summed E-state index contributed by atoms with van der Waals surface area (Å²) in [5.74, 6) is -0.982. The zero-order valence-electron chi connectivity index (χ0n) is 17.6. The van der Waals surface area contributed by atoms with Crippen molar-refractivity contribution in [2.24, 2.45) is 0 Å². The van der Waals surface area contributed by atoms with E-state index in [1.807, 2.05) is 0 Å². The van der Waals surface area contributed by atoms with Crippen LogP contribution in [0.5, 0.6) is 0 Å². The number of phosphoric acid groups is 1. The summed E-state index contributed by atoms with van der Waals surface area (Å²) >= 11 is 0. The number of aliphatic carboxylic acids is 1. The maximum Gasteiger partial charge on any atom is 0.466 e. The molecule has 168 valence electrons. The highest BCUT2D eigenvalue weighted by Gasteiger charge is 2.07. The summed E-state index contributed by atoms with van der Waals surface area (Å²) < 4.78 is 8.88. The van der Waals surface area contributed by atoms with Gasteiger partial charge in [0.2, 0.25) is 0 Å². The summed E-state index contributed by atoms with van der Waals surface area (Å²) in [6, 6.07) is 0. The van der Waals surface area contributed by atoms with Gasteiger partial charge in [-0.3, -0.25) is 0 Å². The lowest BCUT2D eigenvalue weighted by atomic mass is 10.0. The Morgan fingerprint density at radius 3 is 1.25 bits per heavy atom. The molecule has 0 saturated heterocycles. The molecule has 0 radical (unpaired) electrons. The molecule has 0 aliphatic rings. The Labute approximate surface area is 170 Å². The fourth-order valence-corrected chi connectivity index (χ4v) is 2.80. The van der Waals surface area contributed by atoms with E-state index in [1.165, 1.54) is 84.0 Å².